The predicted molar refractivity (Wildman–Crippen MR) is 46.7 cm³/mol. The van der Waals surface area contributed by atoms with Crippen LogP contribution in [0.4, 0.5) is 0 Å². The van der Waals surface area contributed by atoms with E-state index in [-0.39, 0.29) is 33.0 Å². The third kappa shape index (κ3) is 2.13. The molecule has 0 aliphatic rings. The van der Waals surface area contributed by atoms with Crippen LogP contribution in [-0.2, 0) is 0 Å². The van der Waals surface area contributed by atoms with Crippen molar-refractivity contribution in [3.63, 3.8) is 0 Å². The van der Waals surface area contributed by atoms with E-state index < -0.39 is 0 Å². The molecule has 0 aromatic heterocycles. The molecule has 0 spiro atoms. The van der Waals surface area contributed by atoms with Crippen molar-refractivity contribution in [3.05, 3.63) is 36.4 Å². The molecule has 0 unspecified atom stereocenters. The molecular weight excluding hydrogens is 319 g/mol. The molecule has 0 saturated heterocycles. The second kappa shape index (κ2) is 4.49. The molecule has 1 rings (SSSR count). The first-order valence-corrected chi connectivity index (χ1v) is 2.75. The molecule has 1 aromatic rings. The average Bonchev–Trinajstić information content (AvgIpc) is 1.89. The second-order valence-corrected chi connectivity index (χ2v) is 1.76. The third-order valence-electron chi connectivity index (χ3n) is 1.16. The van der Waals surface area contributed by atoms with Gasteiger partial charge in [-0.2, -0.15) is 0 Å². The summed E-state index contributed by atoms with van der Waals surface area (Å²) >= 11 is 0. The van der Waals surface area contributed by atoms with Crippen molar-refractivity contribution in [1.82, 2.24) is 0 Å². The van der Waals surface area contributed by atoms with Crippen LogP contribution in [0.5, 0.6) is 5.75 Å². The molecule has 52 valence electrons. The van der Waals surface area contributed by atoms with E-state index in [4.69, 9.17) is 5.11 Å². The van der Waals surface area contributed by atoms with Crippen LogP contribution in [0.1, 0.15) is 5.56 Å². The van der Waals surface area contributed by atoms with Gasteiger partial charge in [0, 0.05) is 5.56 Å². The Balaban J connectivity index is 0.000000810. The van der Waals surface area contributed by atoms with Gasteiger partial charge < -0.3 is 5.11 Å². The van der Waals surface area contributed by atoms with Gasteiger partial charge in [-0.15, -0.1) is 0 Å². The molecule has 0 fully saturated rings. The van der Waals surface area contributed by atoms with E-state index in [0.717, 1.165) is 5.56 Å². The summed E-state index contributed by atoms with van der Waals surface area (Å²) in [5, 5.41) is 9.04. The number of hydrogen-bond donors (Lipinski definition) is 1. The molecule has 1 N–H and O–H groups in total. The summed E-state index contributed by atoms with van der Waals surface area (Å²) in [4.78, 5) is 0. The summed E-state index contributed by atoms with van der Waals surface area (Å²) in [6.07, 6.45) is 1.62. The van der Waals surface area contributed by atoms with Crippen molar-refractivity contribution in [2.24, 2.45) is 0 Å². The van der Waals surface area contributed by atoms with Crippen LogP contribution in [0.25, 0.3) is 6.08 Å². The van der Waals surface area contributed by atoms with Gasteiger partial charge in [-0.3, -0.25) is 0 Å². The van der Waals surface area contributed by atoms with Crippen molar-refractivity contribution in [2.75, 3.05) is 0 Å². The number of rotatable bonds is 1. The normalized spacial score (nSPS) is 8.00. The van der Waals surface area contributed by atoms with Crippen LogP contribution in [0.3, 0.4) is 0 Å². The topological polar surface area (TPSA) is 20.2 Å². The molecule has 10 heavy (non-hydrogen) atoms. The number of hydrogen-bond acceptors (Lipinski definition) is 1. The van der Waals surface area contributed by atoms with Crippen LogP contribution in [-0.4, -0.2) is 32.4 Å². The Labute approximate surface area is 80.5 Å². The zero-order valence-corrected chi connectivity index (χ0v) is 11.2. The van der Waals surface area contributed by atoms with Gasteiger partial charge in [0.2, 0.25) is 0 Å². The maximum atomic E-state index is 9.04. The van der Waals surface area contributed by atoms with Crippen molar-refractivity contribution in [2.45, 2.75) is 0 Å². The summed E-state index contributed by atoms with van der Waals surface area (Å²) in [7, 11) is 0. The van der Waals surface area contributed by atoms with Gasteiger partial charge in [0.05, 0.1) is 0 Å². The van der Waals surface area contributed by atoms with Crippen LogP contribution in [0, 0.1) is 0 Å². The molecule has 0 atom stereocenters. The molecular formula is C8H10OPb. The number of phenols is 1. The van der Waals surface area contributed by atoms with Gasteiger partial charge in [-0.1, -0.05) is 30.9 Å². The van der Waals surface area contributed by atoms with Gasteiger partial charge in [-0.25, -0.2) is 0 Å². The monoisotopic (exact) mass is 330 g/mol. The van der Waals surface area contributed by atoms with Gasteiger partial charge in [-0.05, 0) is 6.07 Å². The average molecular weight is 329 g/mol. The van der Waals surface area contributed by atoms with Crippen LogP contribution in [0.2, 0.25) is 0 Å². The molecule has 0 saturated carbocycles. The first kappa shape index (κ1) is 9.68. The standard InChI is InChI=1S/C8H8O.Pb.2H/c1-2-7-5-3-4-6-8(7)9;;;/h2-6,9H,1H2;;;. The Morgan fingerprint density at radius 2 is 1.90 bits per heavy atom. The molecule has 1 nitrogen and oxygen atoms in total. The molecule has 2 radical (unpaired) electrons. The zero-order chi connectivity index (χ0) is 6.69. The van der Waals surface area contributed by atoms with Crippen molar-refractivity contribution < 1.29 is 5.11 Å². The number of benzene rings is 1. The Morgan fingerprint density at radius 1 is 1.30 bits per heavy atom. The van der Waals surface area contributed by atoms with E-state index in [1.54, 1.807) is 18.2 Å². The fraction of sp³-hybridized carbons (Fsp3) is 0. The van der Waals surface area contributed by atoms with E-state index in [1.807, 2.05) is 12.1 Å². The minimum atomic E-state index is 0. The Kier molecular flexibility index (Phi) is 4.35. The number of phenolic OH excluding ortho intramolecular Hbond substituents is 1. The Hall–Kier alpha value is -0.318. The van der Waals surface area contributed by atoms with E-state index in [9.17, 15) is 0 Å². The number of aromatic hydroxyl groups is 1. The molecule has 0 heterocycles. The Bertz CT molecular complexity index is 220. The summed E-state index contributed by atoms with van der Waals surface area (Å²) in [5.41, 5.74) is 0.775. The summed E-state index contributed by atoms with van der Waals surface area (Å²) < 4.78 is 0. The van der Waals surface area contributed by atoms with Crippen LogP contribution in [0.15, 0.2) is 30.8 Å². The quantitative estimate of drug-likeness (QED) is 0.766. The molecule has 0 amide bonds. The molecule has 2 heteroatoms. The number of para-hydroxylation sites is 1. The zero-order valence-electron chi connectivity index (χ0n) is 5.75. The van der Waals surface area contributed by atoms with E-state index in [0.29, 0.717) is 0 Å². The molecule has 1 aromatic carbocycles. The fourth-order valence-electron chi connectivity index (χ4n) is 0.660. The summed E-state index contributed by atoms with van der Waals surface area (Å²) in [6.45, 7) is 3.53. The van der Waals surface area contributed by atoms with Gasteiger partial charge >= 0.3 is 27.3 Å². The third-order valence-corrected chi connectivity index (χ3v) is 1.16. The summed E-state index contributed by atoms with van der Waals surface area (Å²) in [6, 6.07) is 7.08. The minimum absolute atomic E-state index is 0. The van der Waals surface area contributed by atoms with Gasteiger partial charge in [0.1, 0.15) is 5.75 Å². The molecule has 0 bridgehead atoms. The molecule has 0 aliphatic heterocycles. The SMILES string of the molecule is C=Cc1ccccc1O.[PbH2]. The summed E-state index contributed by atoms with van der Waals surface area (Å²) in [5.74, 6) is 0.285. The van der Waals surface area contributed by atoms with Crippen molar-refractivity contribution >= 4 is 33.4 Å². The fourth-order valence-corrected chi connectivity index (χ4v) is 0.660. The Morgan fingerprint density at radius 3 is 2.30 bits per heavy atom. The first-order chi connectivity index (χ1) is 4.34. The maximum absolute atomic E-state index is 9.04. The van der Waals surface area contributed by atoms with Gasteiger partial charge in [0.25, 0.3) is 0 Å². The van der Waals surface area contributed by atoms with Gasteiger partial charge in [0.15, 0.2) is 0 Å². The first-order valence-electron chi connectivity index (χ1n) is 2.75. The van der Waals surface area contributed by atoms with E-state index >= 15 is 0 Å². The molecule has 0 aliphatic carbocycles. The van der Waals surface area contributed by atoms with Crippen LogP contribution >= 0.6 is 0 Å². The van der Waals surface area contributed by atoms with Crippen molar-refractivity contribution in [3.8, 4) is 5.75 Å². The van der Waals surface area contributed by atoms with E-state index in [1.165, 1.54) is 0 Å². The van der Waals surface area contributed by atoms with E-state index in [2.05, 4.69) is 6.58 Å². The second-order valence-electron chi connectivity index (χ2n) is 1.76. The van der Waals surface area contributed by atoms with Crippen molar-refractivity contribution in [1.29, 1.82) is 0 Å². The predicted octanol–water partition coefficient (Wildman–Crippen LogP) is 1.12. The van der Waals surface area contributed by atoms with Crippen LogP contribution < -0.4 is 0 Å².